The summed E-state index contributed by atoms with van der Waals surface area (Å²) in [6, 6.07) is 13.8. The molecule has 4 aromatic rings. The summed E-state index contributed by atoms with van der Waals surface area (Å²) < 4.78 is 7.42. The number of fused-ring (bicyclic) bond motifs is 1. The molecule has 0 radical (unpaired) electrons. The van der Waals surface area contributed by atoms with Crippen LogP contribution < -0.4 is 5.32 Å². The first-order valence-electron chi connectivity index (χ1n) is 9.65. The van der Waals surface area contributed by atoms with Gasteiger partial charge in [0, 0.05) is 10.6 Å². The van der Waals surface area contributed by atoms with E-state index in [1.165, 1.54) is 22.6 Å². The van der Waals surface area contributed by atoms with Gasteiger partial charge in [-0.3, -0.25) is 4.79 Å². The zero-order valence-electron chi connectivity index (χ0n) is 16.0. The van der Waals surface area contributed by atoms with Gasteiger partial charge in [0.05, 0.1) is 24.2 Å². The van der Waals surface area contributed by atoms with Gasteiger partial charge in [0.15, 0.2) is 10.8 Å². The van der Waals surface area contributed by atoms with Crippen molar-refractivity contribution in [3.8, 4) is 16.5 Å². The molecule has 3 aromatic heterocycles. The molecule has 146 valence electrons. The topological polar surface area (TPSA) is 73.0 Å². The Morgan fingerprint density at radius 1 is 1.21 bits per heavy atom. The lowest BCUT2D eigenvalue weighted by Crippen LogP contribution is -2.24. The van der Waals surface area contributed by atoms with Crippen molar-refractivity contribution in [3.63, 3.8) is 0 Å². The number of hydrogen-bond donors (Lipinski definition) is 1. The van der Waals surface area contributed by atoms with Crippen molar-refractivity contribution in [1.82, 2.24) is 20.1 Å². The Morgan fingerprint density at radius 3 is 2.86 bits per heavy atom. The van der Waals surface area contributed by atoms with Gasteiger partial charge in [-0.05, 0) is 56.0 Å². The molecule has 1 N–H and O–H groups in total. The predicted octanol–water partition coefficient (Wildman–Crippen LogP) is 4.32. The summed E-state index contributed by atoms with van der Waals surface area (Å²) in [6.07, 6.45) is 4.75. The zero-order chi connectivity index (χ0) is 19.8. The van der Waals surface area contributed by atoms with E-state index in [9.17, 15) is 4.79 Å². The minimum atomic E-state index is -0.183. The molecule has 1 aliphatic rings. The second kappa shape index (κ2) is 7.33. The summed E-state index contributed by atoms with van der Waals surface area (Å²) in [7, 11) is 0. The largest absolute Gasteiger partial charge is 0.462 e. The van der Waals surface area contributed by atoms with Crippen LogP contribution in [0.5, 0.6) is 0 Å². The minimum Gasteiger partial charge on any atom is -0.462 e. The summed E-state index contributed by atoms with van der Waals surface area (Å²) in [5.74, 6) is 0.495. The van der Waals surface area contributed by atoms with E-state index in [1.807, 2.05) is 41.9 Å². The number of aryl methyl sites for hydroxylation is 1. The van der Waals surface area contributed by atoms with Gasteiger partial charge in [0.1, 0.15) is 5.69 Å². The van der Waals surface area contributed by atoms with Gasteiger partial charge < -0.3 is 9.73 Å². The number of nitrogens with zero attached hydrogens (tertiary/aromatic N) is 3. The lowest BCUT2D eigenvalue weighted by molar-refractivity contribution is 0.0945. The maximum absolute atomic E-state index is 12.8. The first-order valence-corrected chi connectivity index (χ1v) is 10.5. The van der Waals surface area contributed by atoms with Crippen LogP contribution in [0.4, 0.5) is 0 Å². The molecule has 0 aliphatic heterocycles. The van der Waals surface area contributed by atoms with Crippen LogP contribution in [-0.2, 0) is 19.4 Å². The highest BCUT2D eigenvalue weighted by Gasteiger charge is 2.24. The Balaban J connectivity index is 1.37. The fourth-order valence-corrected chi connectivity index (χ4v) is 4.68. The smallest absolute Gasteiger partial charge is 0.271 e. The van der Waals surface area contributed by atoms with Crippen LogP contribution in [-0.4, -0.2) is 20.7 Å². The van der Waals surface area contributed by atoms with Gasteiger partial charge in [-0.15, -0.1) is 11.3 Å². The number of nitrogens with one attached hydrogen (secondary N) is 1. The van der Waals surface area contributed by atoms with Crippen LogP contribution in [0.3, 0.4) is 0 Å². The molecule has 0 fully saturated rings. The number of para-hydroxylation sites is 1. The Kier molecular flexibility index (Phi) is 4.52. The molecule has 0 bridgehead atoms. The number of hydrogen-bond acceptors (Lipinski definition) is 5. The van der Waals surface area contributed by atoms with Crippen molar-refractivity contribution in [2.75, 3.05) is 0 Å². The second-order valence-electron chi connectivity index (χ2n) is 7.06. The van der Waals surface area contributed by atoms with Gasteiger partial charge in [-0.1, -0.05) is 18.2 Å². The third-order valence-electron chi connectivity index (χ3n) is 5.17. The first kappa shape index (κ1) is 17.9. The zero-order valence-corrected chi connectivity index (χ0v) is 16.8. The average molecular weight is 404 g/mol. The first-order chi connectivity index (χ1) is 14.2. The van der Waals surface area contributed by atoms with Crippen LogP contribution in [0.15, 0.2) is 53.1 Å². The van der Waals surface area contributed by atoms with Crippen LogP contribution >= 0.6 is 11.3 Å². The molecule has 1 amide bonds. The number of benzene rings is 1. The van der Waals surface area contributed by atoms with Crippen LogP contribution in [0.25, 0.3) is 16.5 Å². The number of aromatic nitrogens is 3. The van der Waals surface area contributed by atoms with E-state index < -0.39 is 0 Å². The highest BCUT2D eigenvalue weighted by molar-refractivity contribution is 7.15. The number of thiazole rings is 1. The molecular formula is C22H20N4O2S. The number of furan rings is 1. The molecule has 3 heterocycles. The highest BCUT2D eigenvalue weighted by atomic mass is 32.1. The minimum absolute atomic E-state index is 0.183. The molecule has 5 rings (SSSR count). The van der Waals surface area contributed by atoms with Crippen molar-refractivity contribution >= 4 is 17.2 Å². The molecule has 0 spiro atoms. The molecule has 0 saturated carbocycles. The summed E-state index contributed by atoms with van der Waals surface area (Å²) in [5.41, 5.74) is 4.96. The maximum atomic E-state index is 12.8. The Bertz CT molecular complexity index is 1160. The van der Waals surface area contributed by atoms with Crippen LogP contribution in [0.1, 0.15) is 38.7 Å². The van der Waals surface area contributed by atoms with E-state index in [0.29, 0.717) is 23.0 Å². The number of carbonyl (C=O) groups excluding carboxylic acids is 1. The molecule has 1 aliphatic carbocycles. The van der Waals surface area contributed by atoms with Crippen molar-refractivity contribution in [1.29, 1.82) is 0 Å². The standard InChI is InChI=1S/C22H20N4O2S/c1-14-20(24-22(29-14)19-11-6-12-28-19)21(27)23-13-17-16-9-5-10-18(16)26(25-17)15-7-3-2-4-8-15/h2-4,6-8,11-12H,5,9-10,13H2,1H3,(H,23,27). The number of rotatable bonds is 5. The third kappa shape index (κ3) is 3.27. The predicted molar refractivity (Wildman–Crippen MR) is 111 cm³/mol. The van der Waals surface area contributed by atoms with E-state index in [1.54, 1.807) is 6.26 Å². The van der Waals surface area contributed by atoms with Crippen molar-refractivity contribution in [2.24, 2.45) is 0 Å². The molecule has 1 aromatic carbocycles. The van der Waals surface area contributed by atoms with Gasteiger partial charge in [-0.2, -0.15) is 5.10 Å². The lowest BCUT2D eigenvalue weighted by Gasteiger charge is -2.05. The third-order valence-corrected chi connectivity index (χ3v) is 6.16. The molecule has 7 heteroatoms. The molecular weight excluding hydrogens is 384 g/mol. The normalized spacial score (nSPS) is 12.9. The van der Waals surface area contributed by atoms with Crippen LogP contribution in [0, 0.1) is 6.92 Å². The number of carbonyl (C=O) groups is 1. The molecule has 0 saturated heterocycles. The maximum Gasteiger partial charge on any atom is 0.271 e. The Hall–Kier alpha value is -3.19. The summed E-state index contributed by atoms with van der Waals surface area (Å²) in [5, 5.41) is 8.53. The van der Waals surface area contributed by atoms with E-state index in [4.69, 9.17) is 9.52 Å². The number of amides is 1. The van der Waals surface area contributed by atoms with Gasteiger partial charge >= 0.3 is 0 Å². The summed E-state index contributed by atoms with van der Waals surface area (Å²) >= 11 is 1.46. The van der Waals surface area contributed by atoms with Gasteiger partial charge in [0.2, 0.25) is 0 Å². The Labute approximate surface area is 172 Å². The van der Waals surface area contributed by atoms with Gasteiger partial charge in [0.25, 0.3) is 5.91 Å². The monoisotopic (exact) mass is 404 g/mol. The van der Waals surface area contributed by atoms with Crippen molar-refractivity contribution in [2.45, 2.75) is 32.7 Å². The van der Waals surface area contributed by atoms with Gasteiger partial charge in [-0.25, -0.2) is 9.67 Å². The molecule has 0 unspecified atom stereocenters. The highest BCUT2D eigenvalue weighted by Crippen LogP contribution is 2.29. The van der Waals surface area contributed by atoms with Crippen molar-refractivity contribution < 1.29 is 9.21 Å². The summed E-state index contributed by atoms with van der Waals surface area (Å²) in [4.78, 5) is 18.1. The van der Waals surface area contributed by atoms with E-state index in [0.717, 1.165) is 35.5 Å². The fourth-order valence-electron chi connectivity index (χ4n) is 3.80. The van der Waals surface area contributed by atoms with E-state index >= 15 is 0 Å². The van der Waals surface area contributed by atoms with Crippen LogP contribution in [0.2, 0.25) is 0 Å². The average Bonchev–Trinajstić information content (AvgIpc) is 3.51. The Morgan fingerprint density at radius 2 is 2.07 bits per heavy atom. The molecule has 6 nitrogen and oxygen atoms in total. The molecule has 29 heavy (non-hydrogen) atoms. The van der Waals surface area contributed by atoms with E-state index in [-0.39, 0.29) is 5.91 Å². The summed E-state index contributed by atoms with van der Waals surface area (Å²) in [6.45, 7) is 2.30. The fraction of sp³-hybridized carbons (Fsp3) is 0.227. The van der Waals surface area contributed by atoms with E-state index in [2.05, 4.69) is 22.4 Å². The van der Waals surface area contributed by atoms with Crippen molar-refractivity contribution in [3.05, 3.63) is 76.3 Å². The lowest BCUT2D eigenvalue weighted by atomic mass is 10.2. The SMILES string of the molecule is Cc1sc(-c2ccco2)nc1C(=O)NCc1nn(-c2ccccc2)c2c1CCC2. The quantitative estimate of drug-likeness (QED) is 0.538. The molecule has 0 atom stereocenters. The second-order valence-corrected chi connectivity index (χ2v) is 8.26.